The quantitative estimate of drug-likeness (QED) is 0.449. The molecule has 0 fully saturated rings. The standard InChI is InChI=1S/C24H26FNO3.ClH/c1-27-23-12-9-18(15-24(23)28-2)13-14-26-16-20-5-3-4-6-22(20)29-17-19-7-10-21(25)11-8-19;/h3-12,15,26H,13-14,16-17H2,1-2H3;1H. The van der Waals surface area contributed by atoms with E-state index in [2.05, 4.69) is 5.32 Å². The van der Waals surface area contributed by atoms with E-state index in [1.807, 2.05) is 42.5 Å². The monoisotopic (exact) mass is 431 g/mol. The molecule has 0 unspecified atom stereocenters. The summed E-state index contributed by atoms with van der Waals surface area (Å²) >= 11 is 0. The molecule has 3 aromatic rings. The van der Waals surface area contributed by atoms with E-state index in [0.717, 1.165) is 41.3 Å². The molecule has 0 saturated heterocycles. The van der Waals surface area contributed by atoms with Gasteiger partial charge in [0.1, 0.15) is 18.2 Å². The average molecular weight is 432 g/mol. The number of rotatable bonds is 10. The first-order chi connectivity index (χ1) is 14.2. The molecule has 4 nitrogen and oxygen atoms in total. The number of nitrogens with one attached hydrogen (secondary N) is 1. The minimum absolute atomic E-state index is 0. The predicted octanol–water partition coefficient (Wildman–Crippen LogP) is 5.18. The lowest BCUT2D eigenvalue weighted by atomic mass is 10.1. The lowest BCUT2D eigenvalue weighted by molar-refractivity contribution is 0.302. The maximum atomic E-state index is 13.0. The van der Waals surface area contributed by atoms with Crippen molar-refractivity contribution in [3.63, 3.8) is 0 Å². The van der Waals surface area contributed by atoms with Gasteiger partial charge in [0.25, 0.3) is 0 Å². The number of halogens is 2. The third-order valence-electron chi connectivity index (χ3n) is 4.63. The van der Waals surface area contributed by atoms with Gasteiger partial charge >= 0.3 is 0 Å². The third kappa shape index (κ3) is 6.65. The van der Waals surface area contributed by atoms with Crippen molar-refractivity contribution in [1.29, 1.82) is 0 Å². The van der Waals surface area contributed by atoms with E-state index in [1.165, 1.54) is 17.7 Å². The second kappa shape index (κ2) is 12.1. The Morgan fingerprint density at radius 2 is 1.50 bits per heavy atom. The summed E-state index contributed by atoms with van der Waals surface area (Å²) in [7, 11) is 3.28. The molecular weight excluding hydrogens is 405 g/mol. The van der Waals surface area contributed by atoms with Gasteiger partial charge in [-0.2, -0.15) is 0 Å². The molecule has 3 rings (SSSR count). The van der Waals surface area contributed by atoms with Crippen molar-refractivity contribution in [2.75, 3.05) is 20.8 Å². The summed E-state index contributed by atoms with van der Waals surface area (Å²) in [6.45, 7) is 1.93. The number of methoxy groups -OCH3 is 2. The zero-order valence-corrected chi connectivity index (χ0v) is 18.0. The van der Waals surface area contributed by atoms with Crippen LogP contribution in [0.4, 0.5) is 4.39 Å². The van der Waals surface area contributed by atoms with Crippen LogP contribution in [0, 0.1) is 5.82 Å². The number of benzene rings is 3. The van der Waals surface area contributed by atoms with Crippen LogP contribution in [0.1, 0.15) is 16.7 Å². The van der Waals surface area contributed by atoms with Crippen LogP contribution < -0.4 is 19.5 Å². The Morgan fingerprint density at radius 1 is 0.800 bits per heavy atom. The first-order valence-electron chi connectivity index (χ1n) is 9.56. The van der Waals surface area contributed by atoms with Crippen molar-refractivity contribution in [3.8, 4) is 17.2 Å². The van der Waals surface area contributed by atoms with Gasteiger partial charge in [-0.05, 0) is 54.4 Å². The Hall–Kier alpha value is -2.76. The van der Waals surface area contributed by atoms with E-state index in [-0.39, 0.29) is 18.2 Å². The summed E-state index contributed by atoms with van der Waals surface area (Å²) in [5.74, 6) is 2.06. The highest BCUT2D eigenvalue weighted by Crippen LogP contribution is 2.27. The lowest BCUT2D eigenvalue weighted by Crippen LogP contribution is -2.17. The Kier molecular flexibility index (Phi) is 9.45. The van der Waals surface area contributed by atoms with Crippen LogP contribution in [0.5, 0.6) is 17.2 Å². The molecule has 0 aromatic heterocycles. The lowest BCUT2D eigenvalue weighted by Gasteiger charge is -2.13. The van der Waals surface area contributed by atoms with Crippen LogP contribution >= 0.6 is 12.4 Å². The van der Waals surface area contributed by atoms with Gasteiger partial charge in [-0.15, -0.1) is 12.4 Å². The van der Waals surface area contributed by atoms with Gasteiger partial charge in [-0.1, -0.05) is 36.4 Å². The Balaban J connectivity index is 0.00000320. The Labute approximate surface area is 183 Å². The van der Waals surface area contributed by atoms with E-state index in [9.17, 15) is 4.39 Å². The minimum atomic E-state index is -0.243. The van der Waals surface area contributed by atoms with Crippen molar-refractivity contribution >= 4 is 12.4 Å². The molecule has 0 radical (unpaired) electrons. The van der Waals surface area contributed by atoms with Crippen LogP contribution in [0.25, 0.3) is 0 Å². The Morgan fingerprint density at radius 3 is 2.23 bits per heavy atom. The van der Waals surface area contributed by atoms with Crippen molar-refractivity contribution < 1.29 is 18.6 Å². The molecule has 0 aliphatic rings. The molecule has 0 bridgehead atoms. The van der Waals surface area contributed by atoms with Gasteiger partial charge in [-0.25, -0.2) is 4.39 Å². The topological polar surface area (TPSA) is 39.7 Å². The zero-order chi connectivity index (χ0) is 20.5. The van der Waals surface area contributed by atoms with Crippen LogP contribution in [0.2, 0.25) is 0 Å². The van der Waals surface area contributed by atoms with Crippen LogP contribution in [0.3, 0.4) is 0 Å². The van der Waals surface area contributed by atoms with Gasteiger partial charge in [0.2, 0.25) is 0 Å². The second-order valence-corrected chi connectivity index (χ2v) is 6.64. The normalized spacial score (nSPS) is 10.2. The molecule has 0 spiro atoms. The highest BCUT2D eigenvalue weighted by Gasteiger charge is 2.06. The predicted molar refractivity (Wildman–Crippen MR) is 119 cm³/mol. The van der Waals surface area contributed by atoms with Gasteiger partial charge in [0.15, 0.2) is 11.5 Å². The summed E-state index contributed by atoms with van der Waals surface area (Å²) in [4.78, 5) is 0. The number of para-hydroxylation sites is 1. The van der Waals surface area contributed by atoms with Gasteiger partial charge in [-0.3, -0.25) is 0 Å². The summed E-state index contributed by atoms with van der Waals surface area (Å²) in [6, 6.07) is 20.3. The molecular formula is C24H27ClFNO3. The van der Waals surface area contributed by atoms with Crippen LogP contribution in [0.15, 0.2) is 66.7 Å². The molecule has 160 valence electrons. The Bertz CT molecular complexity index is 919. The van der Waals surface area contributed by atoms with E-state index in [4.69, 9.17) is 14.2 Å². The van der Waals surface area contributed by atoms with Gasteiger partial charge in [0.05, 0.1) is 14.2 Å². The minimum Gasteiger partial charge on any atom is -0.493 e. The average Bonchev–Trinajstić information content (AvgIpc) is 2.76. The molecule has 0 atom stereocenters. The molecule has 0 amide bonds. The highest BCUT2D eigenvalue weighted by atomic mass is 35.5. The molecule has 6 heteroatoms. The highest BCUT2D eigenvalue weighted by molar-refractivity contribution is 5.85. The van der Waals surface area contributed by atoms with Crippen molar-refractivity contribution in [1.82, 2.24) is 5.32 Å². The smallest absolute Gasteiger partial charge is 0.160 e. The fourth-order valence-corrected chi connectivity index (χ4v) is 3.02. The third-order valence-corrected chi connectivity index (χ3v) is 4.63. The summed E-state index contributed by atoms with van der Waals surface area (Å²) in [5, 5.41) is 3.46. The van der Waals surface area contributed by atoms with E-state index in [1.54, 1.807) is 26.4 Å². The van der Waals surface area contributed by atoms with Crippen molar-refractivity contribution in [2.24, 2.45) is 0 Å². The summed E-state index contributed by atoms with van der Waals surface area (Å²) in [6.07, 6.45) is 0.874. The summed E-state index contributed by atoms with van der Waals surface area (Å²) in [5.41, 5.74) is 3.19. The van der Waals surface area contributed by atoms with Crippen LogP contribution in [-0.2, 0) is 19.6 Å². The molecule has 3 aromatic carbocycles. The van der Waals surface area contributed by atoms with Crippen molar-refractivity contribution in [2.45, 2.75) is 19.6 Å². The molecule has 1 N–H and O–H groups in total. The molecule has 0 aliphatic heterocycles. The van der Waals surface area contributed by atoms with Gasteiger partial charge < -0.3 is 19.5 Å². The molecule has 0 saturated carbocycles. The van der Waals surface area contributed by atoms with E-state index >= 15 is 0 Å². The zero-order valence-electron chi connectivity index (χ0n) is 17.2. The molecule has 0 aliphatic carbocycles. The number of hydrogen-bond acceptors (Lipinski definition) is 4. The summed E-state index contributed by atoms with van der Waals surface area (Å²) < 4.78 is 29.6. The van der Waals surface area contributed by atoms with E-state index in [0.29, 0.717) is 13.2 Å². The first kappa shape index (κ1) is 23.5. The second-order valence-electron chi connectivity index (χ2n) is 6.64. The SMILES string of the molecule is COc1ccc(CCNCc2ccccc2OCc2ccc(F)cc2)cc1OC.Cl. The maximum absolute atomic E-state index is 13.0. The number of ether oxygens (including phenoxy) is 3. The number of hydrogen-bond donors (Lipinski definition) is 1. The fraction of sp³-hybridized carbons (Fsp3) is 0.250. The molecule has 30 heavy (non-hydrogen) atoms. The first-order valence-corrected chi connectivity index (χ1v) is 9.56. The van der Waals surface area contributed by atoms with E-state index < -0.39 is 0 Å². The largest absolute Gasteiger partial charge is 0.493 e. The van der Waals surface area contributed by atoms with Gasteiger partial charge in [0, 0.05) is 12.1 Å². The molecule has 0 heterocycles. The van der Waals surface area contributed by atoms with Crippen LogP contribution in [-0.4, -0.2) is 20.8 Å². The maximum Gasteiger partial charge on any atom is 0.160 e. The van der Waals surface area contributed by atoms with Crippen molar-refractivity contribution in [3.05, 3.63) is 89.2 Å². The fourth-order valence-electron chi connectivity index (χ4n) is 3.02.